The van der Waals surface area contributed by atoms with Crippen molar-refractivity contribution in [1.82, 2.24) is 4.90 Å². The molecule has 0 bridgehead atoms. The maximum atomic E-state index is 13.4. The molecular formula is C22H26F3N3O2. The molecule has 162 valence electrons. The molecule has 30 heavy (non-hydrogen) atoms. The summed E-state index contributed by atoms with van der Waals surface area (Å²) in [6.07, 6.45) is -0.774. The predicted octanol–water partition coefficient (Wildman–Crippen LogP) is 3.68. The lowest BCUT2D eigenvalue weighted by Crippen LogP contribution is -2.52. The minimum atomic E-state index is -4.58. The number of methoxy groups -OCH3 is 1. The van der Waals surface area contributed by atoms with Crippen molar-refractivity contribution in [1.29, 1.82) is 5.26 Å². The van der Waals surface area contributed by atoms with Crippen LogP contribution in [0.1, 0.15) is 36.8 Å². The third-order valence-corrected chi connectivity index (χ3v) is 7.12. The zero-order chi connectivity index (χ0) is 21.5. The van der Waals surface area contributed by atoms with E-state index in [1.54, 1.807) is 19.2 Å². The molecule has 8 heteroatoms. The molecule has 2 aliphatic heterocycles. The highest BCUT2D eigenvalue weighted by Gasteiger charge is 2.51. The lowest BCUT2D eigenvalue weighted by atomic mass is 9.72. The van der Waals surface area contributed by atoms with Crippen LogP contribution in [0.5, 0.6) is 0 Å². The lowest BCUT2D eigenvalue weighted by molar-refractivity contribution is -0.142. The van der Waals surface area contributed by atoms with Crippen LogP contribution in [0.25, 0.3) is 0 Å². The summed E-state index contributed by atoms with van der Waals surface area (Å²) in [6, 6.07) is 5.54. The maximum absolute atomic E-state index is 13.4. The number of anilines is 1. The van der Waals surface area contributed by atoms with Crippen LogP contribution in [0.2, 0.25) is 0 Å². The molecule has 2 saturated heterocycles. The number of hydrogen-bond acceptors (Lipinski definition) is 4. The van der Waals surface area contributed by atoms with Gasteiger partial charge >= 0.3 is 6.18 Å². The molecule has 3 fully saturated rings. The number of nitriles is 1. The van der Waals surface area contributed by atoms with Gasteiger partial charge in [-0.05, 0) is 37.5 Å². The number of alkyl halides is 3. The molecule has 0 unspecified atom stereocenters. The predicted molar refractivity (Wildman–Crippen MR) is 105 cm³/mol. The van der Waals surface area contributed by atoms with Crippen molar-refractivity contribution in [2.45, 2.75) is 31.9 Å². The number of benzene rings is 1. The second kappa shape index (κ2) is 7.77. The van der Waals surface area contributed by atoms with Crippen LogP contribution in [0.15, 0.2) is 18.2 Å². The zero-order valence-electron chi connectivity index (χ0n) is 17.0. The molecule has 2 atom stereocenters. The zero-order valence-corrected chi connectivity index (χ0v) is 17.0. The van der Waals surface area contributed by atoms with E-state index in [0.717, 1.165) is 31.7 Å². The van der Waals surface area contributed by atoms with Crippen LogP contribution < -0.4 is 4.90 Å². The van der Waals surface area contributed by atoms with Gasteiger partial charge in [0.15, 0.2) is 0 Å². The molecule has 1 aliphatic carbocycles. The fraction of sp³-hybridized carbons (Fsp3) is 0.636. The van der Waals surface area contributed by atoms with E-state index in [2.05, 4.69) is 0 Å². The fourth-order valence-corrected chi connectivity index (χ4v) is 5.18. The van der Waals surface area contributed by atoms with Crippen LogP contribution in [-0.2, 0) is 15.7 Å². The quantitative estimate of drug-likeness (QED) is 0.744. The van der Waals surface area contributed by atoms with E-state index in [1.165, 1.54) is 6.07 Å². The van der Waals surface area contributed by atoms with E-state index in [0.29, 0.717) is 38.5 Å². The van der Waals surface area contributed by atoms with Crippen molar-refractivity contribution in [3.05, 3.63) is 29.3 Å². The molecule has 0 radical (unpaired) electrons. The van der Waals surface area contributed by atoms with Crippen molar-refractivity contribution < 1.29 is 22.7 Å². The van der Waals surface area contributed by atoms with E-state index in [1.807, 2.05) is 9.80 Å². The summed E-state index contributed by atoms with van der Waals surface area (Å²) in [5.74, 6) is 0.508. The fourth-order valence-electron chi connectivity index (χ4n) is 5.18. The standard InChI is InChI=1S/C22H26F3N3O2/c1-30-14-21-7-8-27(20(29)15-3-2-4-15)11-17(21)12-28(13-21)18-6-5-16(10-26)19(9-18)22(23,24)25/h5-6,9,15,17H,2-4,7-8,11-14H2,1H3/t17-,21+/m1/s1. The number of hydrogen-bond donors (Lipinski definition) is 0. The van der Waals surface area contributed by atoms with Gasteiger partial charge in [0, 0.05) is 56.2 Å². The number of nitrogens with zero attached hydrogens (tertiary/aromatic N) is 3. The van der Waals surface area contributed by atoms with E-state index < -0.39 is 11.7 Å². The van der Waals surface area contributed by atoms with Gasteiger partial charge in [-0.3, -0.25) is 4.79 Å². The third-order valence-electron chi connectivity index (χ3n) is 7.12. The van der Waals surface area contributed by atoms with Crippen molar-refractivity contribution >= 4 is 11.6 Å². The van der Waals surface area contributed by atoms with Gasteiger partial charge in [0.1, 0.15) is 0 Å². The lowest BCUT2D eigenvalue weighted by Gasteiger charge is -2.44. The van der Waals surface area contributed by atoms with Gasteiger partial charge in [-0.2, -0.15) is 18.4 Å². The van der Waals surface area contributed by atoms with Crippen molar-refractivity contribution in [3.63, 3.8) is 0 Å². The Morgan fingerprint density at radius 2 is 2.10 bits per heavy atom. The Morgan fingerprint density at radius 3 is 2.70 bits per heavy atom. The summed E-state index contributed by atoms with van der Waals surface area (Å²) < 4.78 is 45.8. The number of likely N-dealkylation sites (tertiary alicyclic amines) is 1. The molecule has 0 aromatic heterocycles. The Balaban J connectivity index is 1.57. The van der Waals surface area contributed by atoms with E-state index in [9.17, 15) is 18.0 Å². The van der Waals surface area contributed by atoms with Crippen molar-refractivity contribution in [3.8, 4) is 6.07 Å². The molecule has 5 nitrogen and oxygen atoms in total. The first-order chi connectivity index (χ1) is 14.3. The van der Waals surface area contributed by atoms with Gasteiger partial charge in [-0.15, -0.1) is 0 Å². The molecule has 0 N–H and O–H groups in total. The summed E-state index contributed by atoms with van der Waals surface area (Å²) in [6.45, 7) is 2.96. The highest BCUT2D eigenvalue weighted by atomic mass is 19.4. The van der Waals surface area contributed by atoms with Crippen LogP contribution in [0.3, 0.4) is 0 Å². The van der Waals surface area contributed by atoms with Gasteiger partial charge in [-0.25, -0.2) is 0 Å². The number of carbonyl (C=O) groups is 1. The van der Waals surface area contributed by atoms with Crippen LogP contribution >= 0.6 is 0 Å². The summed E-state index contributed by atoms with van der Waals surface area (Å²) >= 11 is 0. The second-order valence-electron chi connectivity index (χ2n) is 8.87. The van der Waals surface area contributed by atoms with Crippen LogP contribution in [0, 0.1) is 28.6 Å². The number of amides is 1. The number of halogens is 3. The van der Waals surface area contributed by atoms with Gasteiger partial charge in [0.25, 0.3) is 0 Å². The van der Waals surface area contributed by atoms with Gasteiger partial charge in [0.05, 0.1) is 23.8 Å². The number of fused-ring (bicyclic) bond motifs is 1. The molecule has 3 aliphatic rings. The van der Waals surface area contributed by atoms with E-state index >= 15 is 0 Å². The number of carbonyl (C=O) groups excluding carboxylic acids is 1. The largest absolute Gasteiger partial charge is 0.417 e. The Labute approximate surface area is 174 Å². The average Bonchev–Trinajstić information content (AvgIpc) is 3.04. The smallest absolute Gasteiger partial charge is 0.384 e. The number of rotatable bonds is 4. The molecule has 2 heterocycles. The Hall–Kier alpha value is -2.27. The summed E-state index contributed by atoms with van der Waals surface area (Å²) in [5, 5.41) is 9.05. The molecule has 1 aromatic rings. The molecule has 0 spiro atoms. The number of piperidine rings is 1. The highest BCUT2D eigenvalue weighted by molar-refractivity contribution is 5.79. The van der Waals surface area contributed by atoms with E-state index in [-0.39, 0.29) is 28.7 Å². The molecule has 4 rings (SSSR count). The Kier molecular flexibility index (Phi) is 5.43. The second-order valence-corrected chi connectivity index (χ2v) is 8.87. The Morgan fingerprint density at radius 1 is 1.33 bits per heavy atom. The summed E-state index contributed by atoms with van der Waals surface area (Å²) in [4.78, 5) is 16.6. The van der Waals surface area contributed by atoms with Crippen molar-refractivity contribution in [2.24, 2.45) is 17.3 Å². The topological polar surface area (TPSA) is 56.6 Å². The van der Waals surface area contributed by atoms with Gasteiger partial charge in [0.2, 0.25) is 5.91 Å². The SMILES string of the molecule is COC[C@@]12CCN(C(=O)C3CCC3)C[C@@H]1CN(c1ccc(C#N)c(C(F)(F)F)c1)C2. The van der Waals surface area contributed by atoms with Gasteiger partial charge < -0.3 is 14.5 Å². The highest BCUT2D eigenvalue weighted by Crippen LogP contribution is 2.46. The first-order valence-corrected chi connectivity index (χ1v) is 10.4. The first kappa shape index (κ1) is 21.0. The van der Waals surface area contributed by atoms with Crippen LogP contribution in [-0.4, -0.2) is 50.7 Å². The normalized spacial score (nSPS) is 26.8. The third kappa shape index (κ3) is 3.64. The maximum Gasteiger partial charge on any atom is 0.417 e. The summed E-state index contributed by atoms with van der Waals surface area (Å²) in [7, 11) is 1.64. The molecule has 1 amide bonds. The molecule has 1 aromatic carbocycles. The molecular weight excluding hydrogens is 395 g/mol. The van der Waals surface area contributed by atoms with Crippen LogP contribution in [0.4, 0.5) is 18.9 Å². The van der Waals surface area contributed by atoms with Crippen molar-refractivity contribution in [2.75, 3.05) is 44.8 Å². The minimum Gasteiger partial charge on any atom is -0.384 e. The minimum absolute atomic E-state index is 0.139. The monoisotopic (exact) mass is 421 g/mol. The van der Waals surface area contributed by atoms with E-state index in [4.69, 9.17) is 10.00 Å². The molecule has 1 saturated carbocycles. The average molecular weight is 421 g/mol. The number of ether oxygens (including phenoxy) is 1. The summed E-state index contributed by atoms with van der Waals surface area (Å²) in [5.41, 5.74) is -0.994. The van der Waals surface area contributed by atoms with Gasteiger partial charge in [-0.1, -0.05) is 6.42 Å². The Bertz CT molecular complexity index is 862. The first-order valence-electron chi connectivity index (χ1n) is 10.4.